The Balaban J connectivity index is 1.71. The highest BCUT2D eigenvalue weighted by molar-refractivity contribution is 5.92. The second kappa shape index (κ2) is 5.25. The molecule has 0 aliphatic carbocycles. The van der Waals surface area contributed by atoms with Crippen molar-refractivity contribution in [2.24, 2.45) is 0 Å². The predicted molar refractivity (Wildman–Crippen MR) is 71.9 cm³/mol. The fourth-order valence-corrected chi connectivity index (χ4v) is 3.08. The number of carbonyl (C=O) groups is 1. The lowest BCUT2D eigenvalue weighted by atomic mass is 9.99. The number of rotatable bonds is 1. The smallest absolute Gasteiger partial charge is 0.272 e. The minimum atomic E-state index is 0.0516. The molecule has 0 N–H and O–H groups in total. The van der Waals surface area contributed by atoms with Crippen molar-refractivity contribution >= 4 is 5.91 Å². The Kier molecular flexibility index (Phi) is 3.46. The highest BCUT2D eigenvalue weighted by atomic mass is 16.2. The van der Waals surface area contributed by atoms with Crippen LogP contribution in [0.5, 0.6) is 0 Å². The molecule has 5 heteroatoms. The van der Waals surface area contributed by atoms with Gasteiger partial charge in [-0.15, -0.1) is 0 Å². The molecule has 19 heavy (non-hydrogen) atoms. The highest BCUT2D eigenvalue weighted by Gasteiger charge is 2.31. The summed E-state index contributed by atoms with van der Waals surface area (Å²) in [5, 5.41) is 0. The van der Waals surface area contributed by atoms with Gasteiger partial charge in [0.05, 0.1) is 0 Å². The third-order valence-electron chi connectivity index (χ3n) is 4.12. The molecule has 1 aromatic rings. The quantitative estimate of drug-likeness (QED) is 0.758. The molecule has 3 rings (SSSR count). The number of nitrogens with zero attached hydrogens (tertiary/aromatic N) is 4. The molecule has 2 fully saturated rings. The number of amides is 1. The molecule has 3 heterocycles. The van der Waals surface area contributed by atoms with Crippen LogP contribution < -0.4 is 0 Å². The first kappa shape index (κ1) is 12.5. The highest BCUT2D eigenvalue weighted by Crippen LogP contribution is 2.21. The first-order valence-corrected chi connectivity index (χ1v) is 7.07. The summed E-state index contributed by atoms with van der Waals surface area (Å²) in [5.74, 6) is 0.706. The van der Waals surface area contributed by atoms with Gasteiger partial charge in [0, 0.05) is 31.9 Å². The second-order valence-electron chi connectivity index (χ2n) is 5.43. The number of hydrogen-bond acceptors (Lipinski definition) is 4. The summed E-state index contributed by atoms with van der Waals surface area (Å²) in [6.45, 7) is 5.68. The van der Waals surface area contributed by atoms with Gasteiger partial charge in [0.1, 0.15) is 11.5 Å². The molecular formula is C14H20N4O. The second-order valence-corrected chi connectivity index (χ2v) is 5.43. The zero-order valence-electron chi connectivity index (χ0n) is 11.4. The Bertz CT molecular complexity index is 476. The lowest BCUT2D eigenvalue weighted by Gasteiger charge is -2.43. The van der Waals surface area contributed by atoms with E-state index >= 15 is 0 Å². The maximum absolute atomic E-state index is 12.4. The zero-order chi connectivity index (χ0) is 13.2. The van der Waals surface area contributed by atoms with Crippen molar-refractivity contribution in [3.63, 3.8) is 0 Å². The molecule has 0 saturated carbocycles. The van der Waals surface area contributed by atoms with Crippen LogP contribution in [0.15, 0.2) is 12.3 Å². The van der Waals surface area contributed by atoms with Crippen molar-refractivity contribution < 1.29 is 4.79 Å². The molecule has 2 saturated heterocycles. The van der Waals surface area contributed by atoms with Gasteiger partial charge < -0.3 is 4.90 Å². The van der Waals surface area contributed by atoms with Crippen LogP contribution in [-0.2, 0) is 0 Å². The maximum atomic E-state index is 12.4. The van der Waals surface area contributed by atoms with E-state index in [-0.39, 0.29) is 5.91 Å². The monoisotopic (exact) mass is 260 g/mol. The summed E-state index contributed by atoms with van der Waals surface area (Å²) in [6, 6.07) is 2.26. The third kappa shape index (κ3) is 2.61. The van der Waals surface area contributed by atoms with Crippen LogP contribution in [-0.4, -0.2) is 57.9 Å². The van der Waals surface area contributed by atoms with Crippen LogP contribution in [0.1, 0.15) is 35.6 Å². The van der Waals surface area contributed by atoms with Gasteiger partial charge in [-0.2, -0.15) is 0 Å². The molecule has 2 aliphatic rings. The molecule has 1 atom stereocenters. The van der Waals surface area contributed by atoms with Gasteiger partial charge in [0.2, 0.25) is 0 Å². The van der Waals surface area contributed by atoms with Crippen LogP contribution in [0, 0.1) is 6.92 Å². The average Bonchev–Trinajstić information content (AvgIpc) is 2.46. The average molecular weight is 260 g/mol. The Morgan fingerprint density at radius 3 is 3.05 bits per heavy atom. The number of aryl methyl sites for hydroxylation is 1. The van der Waals surface area contributed by atoms with E-state index in [0.29, 0.717) is 17.6 Å². The Hall–Kier alpha value is -1.49. The standard InChI is InChI=1S/C14H20N4O/c1-11-15-6-5-13(16-11)14(19)18-9-8-17-7-3-2-4-12(17)10-18/h5-6,12H,2-4,7-10H2,1H3. The molecule has 0 aromatic carbocycles. The number of piperazine rings is 1. The first-order chi connectivity index (χ1) is 9.24. The van der Waals surface area contributed by atoms with Gasteiger partial charge in [-0.3, -0.25) is 9.69 Å². The molecule has 2 aliphatic heterocycles. The van der Waals surface area contributed by atoms with E-state index in [2.05, 4.69) is 14.9 Å². The maximum Gasteiger partial charge on any atom is 0.272 e. The summed E-state index contributed by atoms with van der Waals surface area (Å²) in [5.41, 5.74) is 0.525. The fraction of sp³-hybridized carbons (Fsp3) is 0.643. The first-order valence-electron chi connectivity index (χ1n) is 7.07. The van der Waals surface area contributed by atoms with E-state index in [1.165, 1.54) is 25.8 Å². The molecule has 0 spiro atoms. The van der Waals surface area contributed by atoms with Crippen molar-refractivity contribution in [1.82, 2.24) is 19.8 Å². The molecule has 0 bridgehead atoms. The summed E-state index contributed by atoms with van der Waals surface area (Å²) in [7, 11) is 0. The number of fused-ring (bicyclic) bond motifs is 1. The van der Waals surface area contributed by atoms with Crippen molar-refractivity contribution in [2.45, 2.75) is 32.2 Å². The van der Waals surface area contributed by atoms with Gasteiger partial charge in [0.25, 0.3) is 5.91 Å². The van der Waals surface area contributed by atoms with Gasteiger partial charge in [-0.25, -0.2) is 9.97 Å². The summed E-state index contributed by atoms with van der Waals surface area (Å²) in [6.07, 6.45) is 5.46. The predicted octanol–water partition coefficient (Wildman–Crippen LogP) is 1.10. The zero-order valence-corrected chi connectivity index (χ0v) is 11.4. The van der Waals surface area contributed by atoms with Crippen molar-refractivity contribution in [3.05, 3.63) is 23.8 Å². The molecule has 1 unspecified atom stereocenters. The molecule has 5 nitrogen and oxygen atoms in total. The fourth-order valence-electron chi connectivity index (χ4n) is 3.08. The van der Waals surface area contributed by atoms with Gasteiger partial charge in [-0.05, 0) is 32.4 Å². The minimum Gasteiger partial charge on any atom is -0.334 e. The number of carbonyl (C=O) groups excluding carboxylic acids is 1. The number of piperidine rings is 1. The van der Waals surface area contributed by atoms with E-state index < -0.39 is 0 Å². The largest absolute Gasteiger partial charge is 0.334 e. The Morgan fingerprint density at radius 2 is 2.21 bits per heavy atom. The van der Waals surface area contributed by atoms with Crippen molar-refractivity contribution in [3.8, 4) is 0 Å². The van der Waals surface area contributed by atoms with E-state index in [1.807, 2.05) is 11.8 Å². The lowest BCUT2D eigenvalue weighted by molar-refractivity contribution is 0.0368. The Labute approximate surface area is 113 Å². The lowest BCUT2D eigenvalue weighted by Crippen LogP contribution is -2.56. The van der Waals surface area contributed by atoms with Crippen LogP contribution in [0.25, 0.3) is 0 Å². The van der Waals surface area contributed by atoms with E-state index in [1.54, 1.807) is 12.3 Å². The normalized spacial score (nSPS) is 24.1. The van der Waals surface area contributed by atoms with Crippen molar-refractivity contribution in [1.29, 1.82) is 0 Å². The summed E-state index contributed by atoms with van der Waals surface area (Å²) < 4.78 is 0. The van der Waals surface area contributed by atoms with Crippen molar-refractivity contribution in [2.75, 3.05) is 26.2 Å². The van der Waals surface area contributed by atoms with E-state index in [0.717, 1.165) is 19.6 Å². The molecule has 102 valence electrons. The van der Waals surface area contributed by atoms with Crippen LogP contribution >= 0.6 is 0 Å². The summed E-state index contributed by atoms with van der Waals surface area (Å²) >= 11 is 0. The molecule has 1 aromatic heterocycles. The van der Waals surface area contributed by atoms with Gasteiger partial charge >= 0.3 is 0 Å². The number of hydrogen-bond donors (Lipinski definition) is 0. The van der Waals surface area contributed by atoms with E-state index in [9.17, 15) is 4.79 Å². The van der Waals surface area contributed by atoms with E-state index in [4.69, 9.17) is 0 Å². The SMILES string of the molecule is Cc1nccc(C(=O)N2CCN3CCCCC3C2)n1. The van der Waals surface area contributed by atoms with Gasteiger partial charge in [0.15, 0.2) is 0 Å². The molecule has 1 amide bonds. The third-order valence-corrected chi connectivity index (χ3v) is 4.12. The molecular weight excluding hydrogens is 240 g/mol. The molecule has 0 radical (unpaired) electrons. The van der Waals surface area contributed by atoms with Crippen LogP contribution in [0.4, 0.5) is 0 Å². The number of aromatic nitrogens is 2. The van der Waals surface area contributed by atoms with Crippen LogP contribution in [0.3, 0.4) is 0 Å². The van der Waals surface area contributed by atoms with Gasteiger partial charge in [-0.1, -0.05) is 6.42 Å². The Morgan fingerprint density at radius 1 is 1.32 bits per heavy atom. The summed E-state index contributed by atoms with van der Waals surface area (Å²) in [4.78, 5) is 25.2. The minimum absolute atomic E-state index is 0.0516. The topological polar surface area (TPSA) is 49.3 Å². The van der Waals surface area contributed by atoms with Crippen LogP contribution in [0.2, 0.25) is 0 Å².